The van der Waals surface area contributed by atoms with E-state index in [0.717, 1.165) is 32.3 Å². The SMILES string of the molecule is CC[C@@H](NC(=O)CN(c1cccc(SC)c1)S(C)(=O)=O)c1ccc(OC)c(C)c1. The Bertz CT molecular complexity index is 961. The highest BCUT2D eigenvalue weighted by Gasteiger charge is 2.23. The normalized spacial score (nSPS) is 12.3. The Morgan fingerprint density at radius 2 is 1.97 bits per heavy atom. The lowest BCUT2D eigenvalue weighted by atomic mass is 10.0. The number of anilines is 1. The summed E-state index contributed by atoms with van der Waals surface area (Å²) >= 11 is 1.51. The van der Waals surface area contributed by atoms with Gasteiger partial charge in [0.05, 0.1) is 25.1 Å². The first-order valence-electron chi connectivity index (χ1n) is 9.25. The molecule has 0 aliphatic heterocycles. The van der Waals surface area contributed by atoms with Crippen LogP contribution < -0.4 is 14.4 Å². The zero-order valence-corrected chi connectivity index (χ0v) is 19.1. The number of nitrogens with zero attached hydrogens (tertiary/aromatic N) is 1. The lowest BCUT2D eigenvalue weighted by molar-refractivity contribution is -0.120. The molecule has 0 saturated heterocycles. The van der Waals surface area contributed by atoms with E-state index in [1.54, 1.807) is 25.3 Å². The standard InChI is InChI=1S/C21H28N2O4S2/c1-6-19(16-10-11-20(27-3)15(2)12-16)22-21(24)14-23(29(5,25)26)17-8-7-9-18(13-17)28-4/h7-13,19H,6,14H2,1-5H3,(H,22,24)/t19-/m1/s1. The van der Waals surface area contributed by atoms with Crippen LogP contribution in [0.1, 0.15) is 30.5 Å². The molecule has 1 N–H and O–H groups in total. The third-order valence-electron chi connectivity index (χ3n) is 4.59. The fourth-order valence-electron chi connectivity index (χ4n) is 3.08. The third kappa shape index (κ3) is 6.14. The van der Waals surface area contributed by atoms with Gasteiger partial charge in [-0.05, 0) is 55.0 Å². The molecule has 29 heavy (non-hydrogen) atoms. The Hall–Kier alpha value is -2.19. The lowest BCUT2D eigenvalue weighted by Gasteiger charge is -2.24. The molecule has 0 saturated carbocycles. The van der Waals surface area contributed by atoms with E-state index in [1.807, 2.05) is 44.4 Å². The van der Waals surface area contributed by atoms with E-state index in [4.69, 9.17) is 4.74 Å². The second-order valence-corrected chi connectivity index (χ2v) is 9.51. The number of thioether (sulfide) groups is 1. The fraction of sp³-hybridized carbons (Fsp3) is 0.381. The molecule has 2 rings (SSSR count). The summed E-state index contributed by atoms with van der Waals surface area (Å²) in [5.74, 6) is 0.428. The smallest absolute Gasteiger partial charge is 0.241 e. The van der Waals surface area contributed by atoms with E-state index in [9.17, 15) is 13.2 Å². The number of methoxy groups -OCH3 is 1. The Morgan fingerprint density at radius 3 is 2.52 bits per heavy atom. The second kappa shape index (κ2) is 10.0. The van der Waals surface area contributed by atoms with Crippen molar-refractivity contribution in [2.24, 2.45) is 0 Å². The van der Waals surface area contributed by atoms with Gasteiger partial charge >= 0.3 is 0 Å². The minimum Gasteiger partial charge on any atom is -0.496 e. The van der Waals surface area contributed by atoms with Gasteiger partial charge in [-0.1, -0.05) is 25.1 Å². The van der Waals surface area contributed by atoms with Crippen molar-refractivity contribution in [2.45, 2.75) is 31.2 Å². The number of ether oxygens (including phenoxy) is 1. The molecule has 0 unspecified atom stereocenters. The van der Waals surface area contributed by atoms with Crippen molar-refractivity contribution in [3.63, 3.8) is 0 Å². The van der Waals surface area contributed by atoms with Gasteiger partial charge in [0, 0.05) is 4.90 Å². The molecule has 0 bridgehead atoms. The number of carbonyl (C=O) groups is 1. The van der Waals surface area contributed by atoms with E-state index in [2.05, 4.69) is 5.32 Å². The van der Waals surface area contributed by atoms with Gasteiger partial charge in [-0.25, -0.2) is 8.42 Å². The van der Waals surface area contributed by atoms with Gasteiger partial charge in [0.2, 0.25) is 15.9 Å². The van der Waals surface area contributed by atoms with Crippen LogP contribution >= 0.6 is 11.8 Å². The van der Waals surface area contributed by atoms with E-state index in [-0.39, 0.29) is 18.5 Å². The molecule has 158 valence electrons. The Balaban J connectivity index is 2.21. The van der Waals surface area contributed by atoms with Crippen molar-refractivity contribution >= 4 is 33.4 Å². The van der Waals surface area contributed by atoms with Crippen molar-refractivity contribution in [1.82, 2.24) is 5.32 Å². The van der Waals surface area contributed by atoms with Gasteiger partial charge in [-0.2, -0.15) is 0 Å². The number of aryl methyl sites for hydroxylation is 1. The number of rotatable bonds is 9. The third-order valence-corrected chi connectivity index (χ3v) is 6.46. The molecule has 2 aromatic carbocycles. The minimum absolute atomic E-state index is 0.217. The van der Waals surface area contributed by atoms with E-state index in [1.165, 1.54) is 11.8 Å². The van der Waals surface area contributed by atoms with Crippen molar-refractivity contribution in [3.05, 3.63) is 53.6 Å². The highest BCUT2D eigenvalue weighted by molar-refractivity contribution is 7.98. The predicted octanol–water partition coefficient (Wildman–Crippen LogP) is 3.76. The number of hydrogen-bond acceptors (Lipinski definition) is 5. The van der Waals surface area contributed by atoms with Crippen LogP contribution in [0.3, 0.4) is 0 Å². The average Bonchev–Trinajstić information content (AvgIpc) is 2.69. The highest BCUT2D eigenvalue weighted by Crippen LogP contribution is 2.26. The first kappa shape index (κ1) is 23.1. The molecule has 0 fully saturated rings. The van der Waals surface area contributed by atoms with Crippen molar-refractivity contribution in [2.75, 3.05) is 30.5 Å². The molecule has 0 aromatic heterocycles. The van der Waals surface area contributed by atoms with Crippen LogP contribution in [-0.2, 0) is 14.8 Å². The number of carbonyl (C=O) groups excluding carboxylic acids is 1. The summed E-state index contributed by atoms with van der Waals surface area (Å²) in [6.45, 7) is 3.64. The van der Waals surface area contributed by atoms with E-state index < -0.39 is 10.0 Å². The van der Waals surface area contributed by atoms with Crippen molar-refractivity contribution in [3.8, 4) is 5.75 Å². The van der Waals surface area contributed by atoms with Gasteiger partial charge in [0.25, 0.3) is 0 Å². The van der Waals surface area contributed by atoms with E-state index >= 15 is 0 Å². The summed E-state index contributed by atoms with van der Waals surface area (Å²) in [6, 6.07) is 12.7. The summed E-state index contributed by atoms with van der Waals surface area (Å²) in [6.07, 6.45) is 3.70. The van der Waals surface area contributed by atoms with Crippen LogP contribution in [0.2, 0.25) is 0 Å². The van der Waals surface area contributed by atoms with Crippen LogP contribution in [0.15, 0.2) is 47.4 Å². The van der Waals surface area contributed by atoms with Crippen molar-refractivity contribution in [1.29, 1.82) is 0 Å². The van der Waals surface area contributed by atoms with Crippen LogP contribution in [0, 0.1) is 6.92 Å². The van der Waals surface area contributed by atoms with Crippen molar-refractivity contribution < 1.29 is 17.9 Å². The largest absolute Gasteiger partial charge is 0.496 e. The van der Waals surface area contributed by atoms with Gasteiger partial charge in [-0.15, -0.1) is 11.8 Å². The Kier molecular flexibility index (Phi) is 7.98. The minimum atomic E-state index is -3.61. The van der Waals surface area contributed by atoms with Crippen LogP contribution in [0.25, 0.3) is 0 Å². The van der Waals surface area contributed by atoms with Gasteiger partial charge < -0.3 is 10.1 Å². The molecule has 2 aromatic rings. The number of sulfonamides is 1. The lowest BCUT2D eigenvalue weighted by Crippen LogP contribution is -2.41. The number of benzene rings is 2. The maximum absolute atomic E-state index is 12.7. The summed E-state index contributed by atoms with van der Waals surface area (Å²) in [7, 11) is -2.00. The molecule has 0 heterocycles. The molecule has 1 atom stereocenters. The highest BCUT2D eigenvalue weighted by atomic mass is 32.2. The molecule has 6 nitrogen and oxygen atoms in total. The molecular weight excluding hydrogens is 408 g/mol. The first-order valence-corrected chi connectivity index (χ1v) is 12.3. The van der Waals surface area contributed by atoms with E-state index in [0.29, 0.717) is 12.1 Å². The molecular formula is C21H28N2O4S2. The average molecular weight is 437 g/mol. The maximum atomic E-state index is 12.7. The Morgan fingerprint density at radius 1 is 1.24 bits per heavy atom. The zero-order chi connectivity index (χ0) is 21.6. The number of hydrogen-bond donors (Lipinski definition) is 1. The zero-order valence-electron chi connectivity index (χ0n) is 17.4. The van der Waals surface area contributed by atoms with Crippen LogP contribution in [-0.4, -0.2) is 40.5 Å². The summed E-state index contributed by atoms with van der Waals surface area (Å²) in [5.41, 5.74) is 2.40. The van der Waals surface area contributed by atoms with Gasteiger partial charge in [0.1, 0.15) is 12.3 Å². The molecule has 0 radical (unpaired) electrons. The summed E-state index contributed by atoms with van der Waals surface area (Å²) in [4.78, 5) is 13.7. The van der Waals surface area contributed by atoms with Gasteiger partial charge in [-0.3, -0.25) is 9.10 Å². The predicted molar refractivity (Wildman–Crippen MR) is 119 cm³/mol. The molecule has 0 aliphatic carbocycles. The Labute approximate surface area is 177 Å². The second-order valence-electron chi connectivity index (χ2n) is 6.73. The molecule has 1 amide bonds. The molecule has 0 spiro atoms. The summed E-state index contributed by atoms with van der Waals surface area (Å²) in [5, 5.41) is 2.96. The molecule has 8 heteroatoms. The number of nitrogens with one attached hydrogen (secondary N) is 1. The van der Waals surface area contributed by atoms with Gasteiger partial charge in [0.15, 0.2) is 0 Å². The summed E-state index contributed by atoms with van der Waals surface area (Å²) < 4.78 is 31.1. The first-order chi connectivity index (χ1) is 13.7. The fourth-order valence-corrected chi connectivity index (χ4v) is 4.38. The topological polar surface area (TPSA) is 75.7 Å². The molecule has 0 aliphatic rings. The number of amides is 1. The maximum Gasteiger partial charge on any atom is 0.241 e. The van der Waals surface area contributed by atoms with Crippen LogP contribution in [0.5, 0.6) is 5.75 Å². The monoisotopic (exact) mass is 436 g/mol. The van der Waals surface area contributed by atoms with Crippen LogP contribution in [0.4, 0.5) is 5.69 Å². The quantitative estimate of drug-likeness (QED) is 0.606.